The molecule has 0 aromatic heterocycles. The number of piperidine rings is 3. The number of carbonyl (C=O) groups is 1. The second-order valence-corrected chi connectivity index (χ2v) is 6.69. The summed E-state index contributed by atoms with van der Waals surface area (Å²) >= 11 is 0. The normalized spacial score (nSPS) is 44.7. The third-order valence-electron chi connectivity index (χ3n) is 5.54. The lowest BCUT2D eigenvalue weighted by molar-refractivity contribution is -0.190. The minimum absolute atomic E-state index is 0.0596. The first kappa shape index (κ1) is 12.8. The van der Waals surface area contributed by atoms with Crippen molar-refractivity contribution in [2.45, 2.75) is 56.4 Å². The van der Waals surface area contributed by atoms with Gasteiger partial charge in [-0.25, -0.2) is 0 Å². The SMILES string of the molecule is O=C1N2C(=CCC[C@@H]2O)[C@H]2CN3CCCC[C@@H]3[C@]1(O)C2. The van der Waals surface area contributed by atoms with Gasteiger partial charge in [-0.05, 0) is 38.6 Å². The molecule has 4 heterocycles. The fraction of sp³-hybridized carbons (Fsp3) is 0.800. The van der Waals surface area contributed by atoms with Gasteiger partial charge in [0.05, 0.1) is 0 Å². The summed E-state index contributed by atoms with van der Waals surface area (Å²) in [5.41, 5.74) is -0.346. The van der Waals surface area contributed by atoms with Crippen LogP contribution in [0, 0.1) is 5.92 Å². The van der Waals surface area contributed by atoms with Gasteiger partial charge in [-0.1, -0.05) is 12.5 Å². The molecule has 4 atom stereocenters. The molecule has 0 radical (unpaired) electrons. The van der Waals surface area contributed by atoms with Crippen molar-refractivity contribution in [3.8, 4) is 0 Å². The predicted molar refractivity (Wildman–Crippen MR) is 72.4 cm³/mol. The van der Waals surface area contributed by atoms with Crippen LogP contribution in [0.3, 0.4) is 0 Å². The Bertz CT molecular complexity index is 478. The van der Waals surface area contributed by atoms with Crippen LogP contribution in [-0.4, -0.2) is 56.9 Å². The molecule has 0 aromatic carbocycles. The number of aliphatic hydroxyl groups excluding tert-OH is 1. The van der Waals surface area contributed by atoms with Crippen LogP contribution in [0.2, 0.25) is 0 Å². The third-order valence-corrected chi connectivity index (χ3v) is 5.54. The van der Waals surface area contributed by atoms with E-state index in [1.54, 1.807) is 0 Å². The van der Waals surface area contributed by atoms with Gasteiger partial charge in [0, 0.05) is 24.2 Å². The molecule has 110 valence electrons. The number of hydrogen-bond acceptors (Lipinski definition) is 4. The van der Waals surface area contributed by atoms with E-state index in [0.717, 1.165) is 44.5 Å². The molecule has 0 aliphatic carbocycles. The standard InChI is InChI=1S/C15H22N2O3/c18-13-6-3-4-11-10-8-15(20,14(19)17(11)13)12-5-1-2-7-16(12)9-10/h4,10,12-13,18,20H,1-3,5-9H2/t10-,12-,13+,15-/m1/s1. The highest BCUT2D eigenvalue weighted by Crippen LogP contribution is 2.46. The highest BCUT2D eigenvalue weighted by Gasteiger charge is 2.59. The van der Waals surface area contributed by atoms with Crippen LogP contribution in [0.15, 0.2) is 11.8 Å². The number of nitrogens with zero attached hydrogens (tertiary/aromatic N) is 2. The Balaban J connectivity index is 1.77. The van der Waals surface area contributed by atoms with Gasteiger partial charge in [-0.2, -0.15) is 0 Å². The van der Waals surface area contributed by atoms with Crippen molar-refractivity contribution in [1.82, 2.24) is 9.80 Å². The topological polar surface area (TPSA) is 64.0 Å². The number of allylic oxidation sites excluding steroid dienone is 1. The zero-order valence-electron chi connectivity index (χ0n) is 11.7. The number of amides is 1. The maximum absolute atomic E-state index is 12.8. The van der Waals surface area contributed by atoms with Gasteiger partial charge in [-0.3, -0.25) is 14.6 Å². The Labute approximate surface area is 118 Å². The first-order chi connectivity index (χ1) is 9.61. The van der Waals surface area contributed by atoms with Crippen molar-refractivity contribution < 1.29 is 15.0 Å². The summed E-state index contributed by atoms with van der Waals surface area (Å²) in [5, 5.41) is 21.2. The predicted octanol–water partition coefficient (Wildman–Crippen LogP) is 0.430. The Morgan fingerprint density at radius 1 is 1.30 bits per heavy atom. The van der Waals surface area contributed by atoms with Crippen molar-refractivity contribution >= 4 is 5.91 Å². The van der Waals surface area contributed by atoms with Crippen LogP contribution in [-0.2, 0) is 4.79 Å². The van der Waals surface area contributed by atoms with E-state index in [4.69, 9.17) is 0 Å². The maximum Gasteiger partial charge on any atom is 0.262 e. The molecule has 2 bridgehead atoms. The van der Waals surface area contributed by atoms with Crippen LogP contribution in [0.1, 0.15) is 38.5 Å². The second kappa shape index (κ2) is 4.29. The fourth-order valence-electron chi connectivity index (χ4n) is 4.64. The van der Waals surface area contributed by atoms with E-state index in [2.05, 4.69) is 11.0 Å². The lowest BCUT2D eigenvalue weighted by Crippen LogP contribution is -2.72. The monoisotopic (exact) mass is 278 g/mol. The zero-order chi connectivity index (χ0) is 13.9. The van der Waals surface area contributed by atoms with E-state index in [-0.39, 0.29) is 17.9 Å². The summed E-state index contributed by atoms with van der Waals surface area (Å²) < 4.78 is 0. The van der Waals surface area contributed by atoms with Gasteiger partial charge in [0.25, 0.3) is 5.91 Å². The first-order valence-corrected chi connectivity index (χ1v) is 7.79. The van der Waals surface area contributed by atoms with Gasteiger partial charge in [0.2, 0.25) is 0 Å². The Hall–Kier alpha value is -0.910. The molecule has 4 aliphatic rings. The van der Waals surface area contributed by atoms with Crippen molar-refractivity contribution in [1.29, 1.82) is 0 Å². The average molecular weight is 278 g/mol. The Morgan fingerprint density at radius 2 is 2.15 bits per heavy atom. The smallest absolute Gasteiger partial charge is 0.262 e. The number of hydrogen-bond donors (Lipinski definition) is 2. The van der Waals surface area contributed by atoms with E-state index in [1.165, 1.54) is 4.90 Å². The second-order valence-electron chi connectivity index (χ2n) is 6.69. The minimum atomic E-state index is -1.29. The number of aliphatic hydroxyl groups is 2. The van der Waals surface area contributed by atoms with Gasteiger partial charge in [0.1, 0.15) is 6.23 Å². The molecule has 3 fully saturated rings. The molecule has 4 rings (SSSR count). The zero-order valence-corrected chi connectivity index (χ0v) is 11.7. The van der Waals surface area contributed by atoms with Crippen molar-refractivity contribution in [2.75, 3.05) is 13.1 Å². The fourth-order valence-corrected chi connectivity index (χ4v) is 4.64. The highest BCUT2D eigenvalue weighted by atomic mass is 16.3. The van der Waals surface area contributed by atoms with Crippen LogP contribution in [0.4, 0.5) is 0 Å². The van der Waals surface area contributed by atoms with Gasteiger partial charge in [0.15, 0.2) is 5.60 Å². The van der Waals surface area contributed by atoms with E-state index >= 15 is 0 Å². The summed E-state index contributed by atoms with van der Waals surface area (Å²) in [6.45, 7) is 1.89. The van der Waals surface area contributed by atoms with Crippen LogP contribution < -0.4 is 0 Å². The number of carbonyl (C=O) groups excluding carboxylic acids is 1. The van der Waals surface area contributed by atoms with Crippen molar-refractivity contribution in [3.05, 3.63) is 11.8 Å². The van der Waals surface area contributed by atoms with E-state index < -0.39 is 11.8 Å². The molecule has 0 unspecified atom stereocenters. The molecule has 5 nitrogen and oxygen atoms in total. The molecular weight excluding hydrogens is 256 g/mol. The van der Waals surface area contributed by atoms with Gasteiger partial charge < -0.3 is 10.2 Å². The number of rotatable bonds is 0. The van der Waals surface area contributed by atoms with Gasteiger partial charge >= 0.3 is 0 Å². The van der Waals surface area contributed by atoms with Crippen LogP contribution >= 0.6 is 0 Å². The molecule has 1 amide bonds. The minimum Gasteiger partial charge on any atom is -0.378 e. The molecule has 4 aliphatic heterocycles. The lowest BCUT2D eigenvalue weighted by atomic mass is 9.70. The molecule has 3 saturated heterocycles. The lowest BCUT2D eigenvalue weighted by Gasteiger charge is -2.57. The largest absolute Gasteiger partial charge is 0.378 e. The summed E-state index contributed by atoms with van der Waals surface area (Å²) in [6.07, 6.45) is 6.36. The molecule has 5 heteroatoms. The molecule has 0 saturated carbocycles. The highest BCUT2D eigenvalue weighted by molar-refractivity contribution is 5.89. The van der Waals surface area contributed by atoms with E-state index in [0.29, 0.717) is 12.8 Å². The summed E-state index contributed by atoms with van der Waals surface area (Å²) in [5.74, 6) is -0.0919. The molecule has 20 heavy (non-hydrogen) atoms. The average Bonchev–Trinajstić information content (AvgIpc) is 2.45. The van der Waals surface area contributed by atoms with Crippen LogP contribution in [0.25, 0.3) is 0 Å². The summed E-state index contributed by atoms with van der Waals surface area (Å²) in [4.78, 5) is 16.6. The van der Waals surface area contributed by atoms with E-state index in [1.807, 2.05) is 0 Å². The van der Waals surface area contributed by atoms with Crippen LogP contribution in [0.5, 0.6) is 0 Å². The maximum atomic E-state index is 12.8. The van der Waals surface area contributed by atoms with Crippen molar-refractivity contribution in [2.24, 2.45) is 5.92 Å². The molecule has 0 aromatic rings. The molecule has 0 spiro atoms. The summed E-state index contributed by atoms with van der Waals surface area (Å²) in [6, 6.07) is -0.0596. The van der Waals surface area contributed by atoms with Crippen molar-refractivity contribution in [3.63, 3.8) is 0 Å². The molecule has 2 N–H and O–H groups in total. The van der Waals surface area contributed by atoms with Gasteiger partial charge in [-0.15, -0.1) is 0 Å². The first-order valence-electron chi connectivity index (χ1n) is 7.79. The third kappa shape index (κ3) is 1.57. The quantitative estimate of drug-likeness (QED) is 0.674. The summed E-state index contributed by atoms with van der Waals surface area (Å²) in [7, 11) is 0. The van der Waals surface area contributed by atoms with E-state index in [9.17, 15) is 15.0 Å². The molecular formula is C15H22N2O3. The Kier molecular flexibility index (Phi) is 2.75. The Morgan fingerprint density at radius 3 is 3.00 bits per heavy atom. The number of fused-ring (bicyclic) bond motifs is 6.